The second kappa shape index (κ2) is 28.7. The van der Waals surface area contributed by atoms with Crippen molar-refractivity contribution in [3.05, 3.63) is 36.5 Å². The smallest absolute Gasteiger partial charge is 0.193 e. The van der Waals surface area contributed by atoms with Gasteiger partial charge < -0.3 is 55.7 Å². The second-order valence-electron chi connectivity index (χ2n) is 35.7. The normalized spacial score (nSPS) is 35.4. The van der Waals surface area contributed by atoms with Crippen molar-refractivity contribution in [3.63, 3.8) is 0 Å². The number of rotatable bonds is 14. The first-order valence-electron chi connectivity index (χ1n) is 34.4. The molecule has 88 heavy (non-hydrogen) atoms. The molecule has 0 aromatic rings. The van der Waals surface area contributed by atoms with Crippen LogP contribution in [0.3, 0.4) is 0 Å². The van der Waals surface area contributed by atoms with Crippen LogP contribution in [0.2, 0.25) is 90.7 Å². The highest BCUT2D eigenvalue weighted by atomic mass is 28.4. The van der Waals surface area contributed by atoms with Crippen LogP contribution < -0.4 is 0 Å². The average molecular weight is 1320 g/mol. The van der Waals surface area contributed by atoms with Gasteiger partial charge in [0.15, 0.2) is 41.6 Å². The first kappa shape index (κ1) is 76.5. The molecule has 8 aliphatic heterocycles. The Morgan fingerprint density at radius 2 is 1.06 bits per heavy atom. The van der Waals surface area contributed by atoms with Crippen molar-refractivity contribution in [3.8, 4) is 0 Å². The van der Waals surface area contributed by atoms with Gasteiger partial charge in [-0.05, 0) is 159 Å². The molecule has 0 aromatic carbocycles. The molecule has 1 N–H and O–H groups in total. The predicted octanol–water partition coefficient (Wildman–Crippen LogP) is 17.0. The first-order valence-corrected chi connectivity index (χ1v) is 48.9. The van der Waals surface area contributed by atoms with Crippen LogP contribution in [0.4, 0.5) is 0 Å². The summed E-state index contributed by atoms with van der Waals surface area (Å²) in [5.41, 5.74) is 2.17. The van der Waals surface area contributed by atoms with Gasteiger partial charge in [-0.2, -0.15) is 0 Å². The van der Waals surface area contributed by atoms with E-state index in [4.69, 9.17) is 50.6 Å². The van der Waals surface area contributed by atoms with E-state index in [-0.39, 0.29) is 111 Å². The van der Waals surface area contributed by atoms with E-state index in [1.165, 1.54) is 0 Å². The number of aliphatic hydroxyl groups is 1. The zero-order valence-electron chi connectivity index (χ0n) is 61.0. The summed E-state index contributed by atoms with van der Waals surface area (Å²) in [6.07, 6.45) is 5.27. The van der Waals surface area contributed by atoms with Crippen molar-refractivity contribution in [2.24, 2.45) is 11.8 Å². The lowest BCUT2D eigenvalue weighted by atomic mass is 9.81. The van der Waals surface area contributed by atoms with Crippen LogP contribution in [0.5, 0.6) is 0 Å². The quantitative estimate of drug-likeness (QED) is 0.131. The number of aliphatic hydroxyl groups excluding tert-OH is 1. The Hall–Kier alpha value is -0.506. The van der Waals surface area contributed by atoms with E-state index in [0.717, 1.165) is 36.8 Å². The summed E-state index contributed by atoms with van der Waals surface area (Å²) < 4.78 is 80.5. The average Bonchev–Trinajstić information content (AvgIpc) is 0.954. The number of hydrogen-bond acceptors (Lipinski definition) is 13. The Morgan fingerprint density at radius 3 is 1.61 bits per heavy atom. The highest BCUT2D eigenvalue weighted by Crippen LogP contribution is 2.50. The fourth-order valence-corrected chi connectivity index (χ4v) is 18.8. The monoisotopic (exact) mass is 1320 g/mol. The van der Waals surface area contributed by atoms with E-state index in [1.807, 2.05) is 6.08 Å². The molecule has 0 aromatic heterocycles. The molecule has 8 bridgehead atoms. The van der Waals surface area contributed by atoms with Gasteiger partial charge in [-0.3, -0.25) is 4.79 Å². The van der Waals surface area contributed by atoms with E-state index >= 15 is 4.79 Å². The van der Waals surface area contributed by atoms with Crippen LogP contribution in [0.15, 0.2) is 36.5 Å². The van der Waals surface area contributed by atoms with E-state index in [9.17, 15) is 5.11 Å². The third-order valence-electron chi connectivity index (χ3n) is 23.7. The summed E-state index contributed by atoms with van der Waals surface area (Å²) in [7, 11) is -10.3. The summed E-state index contributed by atoms with van der Waals surface area (Å²) in [4.78, 5) is 15.4. The van der Waals surface area contributed by atoms with E-state index in [2.05, 4.69) is 195 Å². The van der Waals surface area contributed by atoms with Crippen molar-refractivity contribution in [2.75, 3.05) is 13.7 Å². The van der Waals surface area contributed by atoms with Crippen LogP contribution >= 0.6 is 0 Å². The fourth-order valence-electron chi connectivity index (χ4n) is 12.5. The molecule has 8 rings (SSSR count). The second-order valence-corrected chi connectivity index (χ2v) is 59.5. The van der Waals surface area contributed by atoms with Crippen LogP contribution in [-0.4, -0.2) is 164 Å². The fraction of sp³-hybridized carbons (Fsp3) is 0.900. The molecule has 510 valence electrons. The van der Waals surface area contributed by atoms with Crippen molar-refractivity contribution in [1.29, 1.82) is 0 Å². The number of fused-ring (bicyclic) bond motifs is 2. The van der Waals surface area contributed by atoms with Gasteiger partial charge in [-0.25, -0.2) is 0 Å². The highest BCUT2D eigenvalue weighted by molar-refractivity contribution is 6.76. The Labute approximate surface area is 543 Å². The predicted molar refractivity (Wildman–Crippen MR) is 372 cm³/mol. The molecule has 8 heterocycles. The Morgan fingerprint density at radius 1 is 0.545 bits per heavy atom. The highest BCUT2D eigenvalue weighted by Gasteiger charge is 2.59. The molecule has 0 amide bonds. The third-order valence-corrected chi connectivity index (χ3v) is 46.1. The van der Waals surface area contributed by atoms with Crippen LogP contribution in [0.25, 0.3) is 0 Å². The van der Waals surface area contributed by atoms with Gasteiger partial charge in [0.1, 0.15) is 30.2 Å². The minimum atomic E-state index is -2.58. The van der Waals surface area contributed by atoms with E-state index < -0.39 is 84.3 Å². The van der Waals surface area contributed by atoms with Gasteiger partial charge in [0, 0.05) is 38.7 Å². The van der Waals surface area contributed by atoms with Gasteiger partial charge in [0.05, 0.1) is 79.9 Å². The molecule has 1 unspecified atom stereocenters. The summed E-state index contributed by atoms with van der Waals surface area (Å²) >= 11 is 0. The van der Waals surface area contributed by atoms with Crippen LogP contribution in [0.1, 0.15) is 188 Å². The van der Waals surface area contributed by atoms with Gasteiger partial charge >= 0.3 is 0 Å². The maximum absolute atomic E-state index is 15.4. The number of carbonyl (C=O) groups is 1. The molecule has 18 heteroatoms. The largest absolute Gasteiger partial charge is 0.414 e. The SMILES string of the molecule is C=C1C[C@@H]2CC[C@@H](O)/C=C\[C@H](O[Si](C)(C)C(C)(C)C)[C@@H]3O[C@H]4CCC(CC(=O)C[C@@H]5[C@@H](OC)[C@@H](C[C@@H](CO[Si](C)(C)C(C)(C)C)O[Si](C)(C)C(C)(C)C)O[C@H]5C[C@H]5O[C@@H](CC[C@@H]1O2)C[C@@H](C)C5=C)O[C@@H]4[C@H](O[Si](C)(C)C(C)(C)C)[C@@H]3O[Si](C)(C)C(C)(C)C. The number of carbonyl (C=O) groups excluding carboxylic acids is 1. The van der Waals surface area contributed by atoms with Crippen LogP contribution in [0, 0.1) is 11.8 Å². The Balaban J connectivity index is 1.45. The van der Waals surface area contributed by atoms with Crippen molar-refractivity contribution in [1.82, 2.24) is 0 Å². The van der Waals surface area contributed by atoms with Crippen molar-refractivity contribution < 1.29 is 60.5 Å². The number of Topliss-reactive ketones (excluding diaryl/α,β-unsaturated/α-hetero) is 1. The van der Waals surface area contributed by atoms with Gasteiger partial charge in [0.2, 0.25) is 0 Å². The Kier molecular flexibility index (Phi) is 24.9. The molecule has 18 atom stereocenters. The van der Waals surface area contributed by atoms with Crippen molar-refractivity contribution >= 4 is 47.4 Å². The number of methoxy groups -OCH3 is 1. The summed E-state index contributed by atoms with van der Waals surface area (Å²) in [6, 6.07) is 0. The molecule has 13 nitrogen and oxygen atoms in total. The lowest BCUT2D eigenvalue weighted by Gasteiger charge is -2.56. The zero-order valence-corrected chi connectivity index (χ0v) is 66.0. The molecule has 0 radical (unpaired) electrons. The minimum Gasteiger partial charge on any atom is -0.414 e. The zero-order chi connectivity index (χ0) is 66.5. The van der Waals surface area contributed by atoms with Gasteiger partial charge in [-0.15, -0.1) is 0 Å². The van der Waals surface area contributed by atoms with E-state index in [0.29, 0.717) is 45.1 Å². The minimum absolute atomic E-state index is 0.0128. The number of ketones is 1. The van der Waals surface area contributed by atoms with Gasteiger partial charge in [0.25, 0.3) is 0 Å². The molecule has 0 aliphatic carbocycles. The summed E-state index contributed by atoms with van der Waals surface area (Å²) in [5.74, 6) is 0.0699. The number of hydrogen-bond donors (Lipinski definition) is 1. The number of ether oxygens (including phenoxy) is 6. The molecule has 0 saturated carbocycles. The van der Waals surface area contributed by atoms with E-state index in [1.54, 1.807) is 7.11 Å². The van der Waals surface area contributed by atoms with Gasteiger partial charge in [-0.1, -0.05) is 136 Å². The summed E-state index contributed by atoms with van der Waals surface area (Å²) in [5, 5.41) is 11.5. The topological polar surface area (TPSA) is 139 Å². The molecular weight excluding hydrogens is 1190 g/mol. The van der Waals surface area contributed by atoms with Crippen LogP contribution in [-0.2, 0) is 55.3 Å². The lowest BCUT2D eigenvalue weighted by molar-refractivity contribution is -0.266. The molecule has 8 aliphatic rings. The molecule has 5 saturated heterocycles. The standard InChI is InChI=1S/C70H132O13Si5/c1-45-38-51-33-36-55-46(2)39-50(75-55)32-30-48(71)31-35-57(81-86(24,25)68(10,11)12)63-65(83-88(28,29)70(16,17)18)64(82-87(26,27)69(13,14)15)62-56(79-63)37-34-52(77-62)40-49(72)41-54-59(43-58(76-51)47(45)3)78-60(61(54)73-19)42-53(80-85(22,23)67(7,8)9)44-74-84(20,21)66(4,5)6/h31,35,45,48,50-65,71H,2-3,30,32-34,36-44H2,1,4-29H3/b35-31-/t45-,48-,50+,51+,52?,53+,54+,55+,56+,57+,58-,59+,60-,61-,62+,63+,64+,65-/m1/s1. The third kappa shape index (κ3) is 18.7. The molecule has 0 spiro atoms. The maximum atomic E-state index is 15.4. The molecular formula is C70H132O13Si5. The molecule has 5 fully saturated rings. The van der Waals surface area contributed by atoms with Crippen molar-refractivity contribution in [2.45, 2.75) is 376 Å². The Bertz CT molecular complexity index is 2360. The maximum Gasteiger partial charge on any atom is 0.193 e. The first-order chi connectivity index (χ1) is 40.0. The lowest BCUT2D eigenvalue weighted by Crippen LogP contribution is -2.69. The summed E-state index contributed by atoms with van der Waals surface area (Å²) in [6.45, 7) is 69.2.